The lowest BCUT2D eigenvalue weighted by Gasteiger charge is -2.13. The van der Waals surface area contributed by atoms with Gasteiger partial charge in [0.05, 0.1) is 13.2 Å². The summed E-state index contributed by atoms with van der Waals surface area (Å²) in [5, 5.41) is 3.17. The molecule has 3 nitrogen and oxygen atoms in total. The van der Waals surface area contributed by atoms with Crippen molar-refractivity contribution in [2.24, 2.45) is 5.92 Å². The summed E-state index contributed by atoms with van der Waals surface area (Å²) in [4.78, 5) is 11.5. The zero-order valence-electron chi connectivity index (χ0n) is 8.42. The molecule has 1 saturated carbocycles. The van der Waals surface area contributed by atoms with E-state index in [9.17, 15) is 4.79 Å². The van der Waals surface area contributed by atoms with Crippen LogP contribution in [0, 0.1) is 5.92 Å². The third kappa shape index (κ3) is 2.84. The first kappa shape index (κ1) is 9.71. The highest BCUT2D eigenvalue weighted by Crippen LogP contribution is 2.27. The summed E-state index contributed by atoms with van der Waals surface area (Å²) in [7, 11) is 0. The molecule has 3 heteroatoms. The maximum Gasteiger partial charge on any atom is 0.210 e. The number of nitrogens with one attached hydrogen (secondary N) is 1. The van der Waals surface area contributed by atoms with Crippen LogP contribution in [0.5, 0.6) is 0 Å². The standard InChI is InChI=1S/C11H17NO2/c13-10(8-12-7-9-4-5-9)11-3-1-2-6-14-11/h3,9,12H,1-2,4-8H2. The molecule has 1 heterocycles. The minimum atomic E-state index is 0.102. The first-order chi connectivity index (χ1) is 6.86. The smallest absolute Gasteiger partial charge is 0.210 e. The summed E-state index contributed by atoms with van der Waals surface area (Å²) in [6, 6.07) is 0. The van der Waals surface area contributed by atoms with Crippen LogP contribution in [0.2, 0.25) is 0 Å². The SMILES string of the molecule is O=C(CNCC1CC1)C1=CCCCO1. The van der Waals surface area contributed by atoms with Crippen molar-refractivity contribution in [3.8, 4) is 0 Å². The van der Waals surface area contributed by atoms with Crippen LogP contribution in [0.3, 0.4) is 0 Å². The number of ether oxygens (including phenoxy) is 1. The van der Waals surface area contributed by atoms with Gasteiger partial charge in [-0.3, -0.25) is 4.79 Å². The average molecular weight is 195 g/mol. The summed E-state index contributed by atoms with van der Waals surface area (Å²) in [5.74, 6) is 1.49. The minimum absolute atomic E-state index is 0.102. The van der Waals surface area contributed by atoms with Crippen molar-refractivity contribution in [3.63, 3.8) is 0 Å². The molecule has 0 spiro atoms. The Morgan fingerprint density at radius 2 is 2.43 bits per heavy atom. The molecule has 0 amide bonds. The van der Waals surface area contributed by atoms with Gasteiger partial charge in [0.25, 0.3) is 0 Å². The van der Waals surface area contributed by atoms with Gasteiger partial charge in [-0.15, -0.1) is 0 Å². The maximum absolute atomic E-state index is 11.5. The molecule has 2 rings (SSSR count). The molecule has 1 N–H and O–H groups in total. The van der Waals surface area contributed by atoms with E-state index in [2.05, 4.69) is 5.32 Å². The van der Waals surface area contributed by atoms with Gasteiger partial charge in [0.15, 0.2) is 5.76 Å². The third-order valence-corrected chi connectivity index (χ3v) is 2.63. The number of allylic oxidation sites excluding steroid dienone is 1. The van der Waals surface area contributed by atoms with Gasteiger partial charge in [-0.25, -0.2) is 0 Å². The fraction of sp³-hybridized carbons (Fsp3) is 0.727. The number of carbonyl (C=O) groups is 1. The van der Waals surface area contributed by atoms with Gasteiger partial charge in [-0.05, 0) is 44.2 Å². The molecule has 0 saturated heterocycles. The normalized spacial score (nSPS) is 21.3. The molecule has 0 aromatic carbocycles. The predicted molar refractivity (Wildman–Crippen MR) is 53.9 cm³/mol. The molecule has 0 atom stereocenters. The van der Waals surface area contributed by atoms with Crippen molar-refractivity contribution < 1.29 is 9.53 Å². The lowest BCUT2D eigenvalue weighted by atomic mass is 10.2. The van der Waals surface area contributed by atoms with Gasteiger partial charge in [-0.1, -0.05) is 0 Å². The first-order valence-electron chi connectivity index (χ1n) is 5.43. The van der Waals surface area contributed by atoms with E-state index >= 15 is 0 Å². The topological polar surface area (TPSA) is 38.3 Å². The molecule has 0 aromatic heterocycles. The lowest BCUT2D eigenvalue weighted by molar-refractivity contribution is -0.118. The predicted octanol–water partition coefficient (Wildman–Crippen LogP) is 1.25. The Morgan fingerprint density at radius 1 is 1.57 bits per heavy atom. The second-order valence-corrected chi connectivity index (χ2v) is 4.06. The van der Waals surface area contributed by atoms with Crippen LogP contribution in [-0.4, -0.2) is 25.5 Å². The van der Waals surface area contributed by atoms with Gasteiger partial charge in [0.2, 0.25) is 5.78 Å². The average Bonchev–Trinajstić information content (AvgIpc) is 3.03. The molecule has 0 aromatic rings. The van der Waals surface area contributed by atoms with Crippen molar-refractivity contribution in [2.45, 2.75) is 25.7 Å². The first-order valence-corrected chi connectivity index (χ1v) is 5.43. The molecule has 1 fully saturated rings. The van der Waals surface area contributed by atoms with Crippen LogP contribution >= 0.6 is 0 Å². The zero-order chi connectivity index (χ0) is 9.80. The van der Waals surface area contributed by atoms with Gasteiger partial charge in [0, 0.05) is 0 Å². The van der Waals surface area contributed by atoms with Crippen molar-refractivity contribution in [1.29, 1.82) is 0 Å². The Hall–Kier alpha value is -0.830. The fourth-order valence-electron chi connectivity index (χ4n) is 1.55. The van der Waals surface area contributed by atoms with E-state index in [1.54, 1.807) is 0 Å². The van der Waals surface area contributed by atoms with E-state index in [1.807, 2.05) is 6.08 Å². The molecule has 0 bridgehead atoms. The Morgan fingerprint density at radius 3 is 3.07 bits per heavy atom. The van der Waals surface area contributed by atoms with E-state index in [0.717, 1.165) is 25.3 Å². The summed E-state index contributed by atoms with van der Waals surface area (Å²) >= 11 is 0. The van der Waals surface area contributed by atoms with Crippen molar-refractivity contribution >= 4 is 5.78 Å². The summed E-state index contributed by atoms with van der Waals surface area (Å²) in [6.07, 6.45) is 6.56. The second-order valence-electron chi connectivity index (χ2n) is 4.06. The summed E-state index contributed by atoms with van der Waals surface area (Å²) in [5.41, 5.74) is 0. The van der Waals surface area contributed by atoms with E-state index < -0.39 is 0 Å². The maximum atomic E-state index is 11.5. The summed E-state index contributed by atoms with van der Waals surface area (Å²) < 4.78 is 5.28. The third-order valence-electron chi connectivity index (χ3n) is 2.63. The Balaban J connectivity index is 1.67. The molecule has 78 valence electrons. The largest absolute Gasteiger partial charge is 0.490 e. The van der Waals surface area contributed by atoms with Crippen molar-refractivity contribution in [1.82, 2.24) is 5.32 Å². The molecule has 0 radical (unpaired) electrons. The highest BCUT2D eigenvalue weighted by Gasteiger charge is 2.21. The van der Waals surface area contributed by atoms with Crippen LogP contribution in [0.1, 0.15) is 25.7 Å². The lowest BCUT2D eigenvalue weighted by Crippen LogP contribution is -2.27. The van der Waals surface area contributed by atoms with Crippen LogP contribution in [0.25, 0.3) is 0 Å². The molecule has 14 heavy (non-hydrogen) atoms. The number of ketones is 1. The highest BCUT2D eigenvalue weighted by atomic mass is 16.5. The molecule has 1 aliphatic carbocycles. The van der Waals surface area contributed by atoms with Gasteiger partial charge in [0.1, 0.15) is 0 Å². The van der Waals surface area contributed by atoms with Crippen LogP contribution in [0.15, 0.2) is 11.8 Å². The molecule has 1 aliphatic heterocycles. The van der Waals surface area contributed by atoms with Gasteiger partial charge in [-0.2, -0.15) is 0 Å². The number of Topliss-reactive ketones (excluding diaryl/α,β-unsaturated/α-hetero) is 1. The minimum Gasteiger partial charge on any atom is -0.490 e. The number of hydrogen-bond acceptors (Lipinski definition) is 3. The van der Waals surface area contributed by atoms with E-state index in [-0.39, 0.29) is 5.78 Å². The fourth-order valence-corrected chi connectivity index (χ4v) is 1.55. The van der Waals surface area contributed by atoms with Crippen LogP contribution in [0.4, 0.5) is 0 Å². The quantitative estimate of drug-likeness (QED) is 0.717. The van der Waals surface area contributed by atoms with Crippen LogP contribution in [-0.2, 0) is 9.53 Å². The Labute approximate surface area is 84.5 Å². The van der Waals surface area contributed by atoms with Gasteiger partial charge >= 0.3 is 0 Å². The monoisotopic (exact) mass is 195 g/mol. The Bertz CT molecular complexity index is 244. The van der Waals surface area contributed by atoms with Crippen molar-refractivity contribution in [3.05, 3.63) is 11.8 Å². The number of carbonyl (C=O) groups excluding carboxylic acids is 1. The molecule has 2 aliphatic rings. The highest BCUT2D eigenvalue weighted by molar-refractivity contribution is 5.95. The van der Waals surface area contributed by atoms with E-state index in [1.165, 1.54) is 12.8 Å². The van der Waals surface area contributed by atoms with Gasteiger partial charge < -0.3 is 10.1 Å². The van der Waals surface area contributed by atoms with Crippen LogP contribution < -0.4 is 5.32 Å². The zero-order valence-corrected chi connectivity index (χ0v) is 8.42. The number of hydrogen-bond donors (Lipinski definition) is 1. The molecular weight excluding hydrogens is 178 g/mol. The van der Waals surface area contributed by atoms with E-state index in [0.29, 0.717) is 18.9 Å². The summed E-state index contributed by atoms with van der Waals surface area (Å²) in [6.45, 7) is 2.11. The Kier molecular flexibility index (Phi) is 3.19. The van der Waals surface area contributed by atoms with Crippen molar-refractivity contribution in [2.75, 3.05) is 19.7 Å². The molecular formula is C11H17NO2. The number of rotatable bonds is 5. The second kappa shape index (κ2) is 4.60. The molecule has 0 unspecified atom stereocenters. The van der Waals surface area contributed by atoms with E-state index in [4.69, 9.17) is 4.74 Å².